The molecule has 1 N–H and O–H groups in total. The zero-order chi connectivity index (χ0) is 29.0. The minimum Gasteiger partial charge on any atom is -0.494 e. The number of hydrogen-bond donors (Lipinski definition) is 1. The van der Waals surface area contributed by atoms with Crippen molar-refractivity contribution < 1.29 is 23.7 Å². The van der Waals surface area contributed by atoms with Crippen LogP contribution in [0.1, 0.15) is 29.0 Å². The monoisotopic (exact) mass is 629 g/mol. The number of pyridine rings is 2. The molecule has 0 amide bonds. The number of benzene rings is 2. The lowest BCUT2D eigenvalue weighted by Gasteiger charge is -2.39. The molecule has 0 radical (unpaired) electrons. The summed E-state index contributed by atoms with van der Waals surface area (Å²) in [4.78, 5) is 11.2. The lowest BCUT2D eigenvalue weighted by molar-refractivity contribution is 0.00230. The van der Waals surface area contributed by atoms with E-state index in [0.717, 1.165) is 9.86 Å². The van der Waals surface area contributed by atoms with Crippen molar-refractivity contribution in [1.82, 2.24) is 14.9 Å². The molecule has 10 heteroatoms. The zero-order valence-corrected chi connectivity index (χ0v) is 25.8. The zero-order valence-electron chi connectivity index (χ0n) is 23.4. The number of ether oxygens (including phenoxy) is 3. The highest BCUT2D eigenvalue weighted by Gasteiger charge is 2.44. The smallest absolute Gasteiger partial charge is 0.217 e. The third-order valence-electron chi connectivity index (χ3n) is 6.91. The molecule has 0 fully saturated rings. The summed E-state index contributed by atoms with van der Waals surface area (Å²) in [7, 11) is 8.33. The van der Waals surface area contributed by atoms with Crippen molar-refractivity contribution >= 4 is 38.6 Å². The average molecular weight is 631 g/mol. The molecule has 2 aromatic heterocycles. The van der Waals surface area contributed by atoms with Crippen LogP contribution in [0.15, 0.2) is 64.1 Å². The van der Waals surface area contributed by atoms with Gasteiger partial charge in [0.15, 0.2) is 11.6 Å². The van der Waals surface area contributed by atoms with E-state index in [4.69, 9.17) is 19.2 Å². The minimum atomic E-state index is -1.65. The second kappa shape index (κ2) is 12.7. The highest BCUT2D eigenvalue weighted by atomic mass is 79.9. The molecule has 0 aliphatic rings. The van der Waals surface area contributed by atoms with E-state index in [-0.39, 0.29) is 23.6 Å². The van der Waals surface area contributed by atoms with Gasteiger partial charge in [0, 0.05) is 33.6 Å². The normalized spacial score (nSPS) is 13.8. The Morgan fingerprint density at radius 3 is 2.42 bits per heavy atom. The molecular weight excluding hydrogens is 597 g/mol. The number of methoxy groups -OCH3 is 3. The maximum Gasteiger partial charge on any atom is 0.217 e. The fourth-order valence-electron chi connectivity index (χ4n) is 4.90. The first-order valence-corrected chi connectivity index (χ1v) is 14.6. The fourth-order valence-corrected chi connectivity index (χ4v) is 5.70. The summed E-state index contributed by atoms with van der Waals surface area (Å²) in [5.74, 6) is -0.806. The summed E-state index contributed by atoms with van der Waals surface area (Å²) in [6.07, 6.45) is 2.15. The van der Waals surface area contributed by atoms with Crippen molar-refractivity contribution in [3.63, 3.8) is 0 Å². The van der Waals surface area contributed by atoms with Crippen molar-refractivity contribution in [2.75, 3.05) is 48.2 Å². The number of rotatable bonds is 11. The van der Waals surface area contributed by atoms with Crippen LogP contribution >= 0.6 is 27.7 Å². The van der Waals surface area contributed by atoms with Crippen molar-refractivity contribution in [3.05, 3.63) is 81.6 Å². The van der Waals surface area contributed by atoms with Crippen molar-refractivity contribution in [1.29, 1.82) is 0 Å². The molecule has 4 aromatic rings. The van der Waals surface area contributed by atoms with Crippen LogP contribution in [0.2, 0.25) is 0 Å². The van der Waals surface area contributed by atoms with E-state index in [1.165, 1.54) is 33.1 Å². The number of halogens is 2. The lowest BCUT2D eigenvalue weighted by Crippen LogP contribution is -2.38. The lowest BCUT2D eigenvalue weighted by atomic mass is 9.71. The Morgan fingerprint density at radius 2 is 1.77 bits per heavy atom. The van der Waals surface area contributed by atoms with Gasteiger partial charge in [-0.2, -0.15) is 0 Å². The summed E-state index contributed by atoms with van der Waals surface area (Å²) in [6.45, 7) is 0.507. The molecule has 0 aliphatic carbocycles. The topological polar surface area (TPSA) is 76.9 Å². The van der Waals surface area contributed by atoms with Crippen LogP contribution in [0.25, 0.3) is 10.9 Å². The maximum atomic E-state index is 16.2. The van der Waals surface area contributed by atoms with Gasteiger partial charge in [-0.3, -0.25) is 0 Å². The minimum absolute atomic E-state index is 0.0741. The van der Waals surface area contributed by atoms with Crippen LogP contribution in [-0.2, 0) is 5.60 Å². The van der Waals surface area contributed by atoms with Crippen LogP contribution in [0.4, 0.5) is 4.39 Å². The molecule has 0 aliphatic heterocycles. The van der Waals surface area contributed by atoms with E-state index >= 15 is 4.39 Å². The van der Waals surface area contributed by atoms with Crippen LogP contribution < -0.4 is 14.2 Å². The Hall–Kier alpha value is -2.92. The quantitative estimate of drug-likeness (QED) is 0.195. The molecule has 40 heavy (non-hydrogen) atoms. The predicted octanol–water partition coefficient (Wildman–Crippen LogP) is 6.25. The van der Waals surface area contributed by atoms with E-state index in [2.05, 4.69) is 20.9 Å². The van der Waals surface area contributed by atoms with Gasteiger partial charge >= 0.3 is 0 Å². The molecule has 7 nitrogen and oxygen atoms in total. The van der Waals surface area contributed by atoms with Gasteiger partial charge in [0.2, 0.25) is 11.8 Å². The van der Waals surface area contributed by atoms with Crippen LogP contribution in [0.5, 0.6) is 17.5 Å². The first kappa shape index (κ1) is 30.0. The molecule has 0 spiro atoms. The van der Waals surface area contributed by atoms with E-state index in [9.17, 15) is 5.11 Å². The number of aliphatic hydroxyl groups is 1. The molecule has 2 heterocycles. The van der Waals surface area contributed by atoms with Crippen LogP contribution in [0, 0.1) is 5.82 Å². The highest BCUT2D eigenvalue weighted by molar-refractivity contribution is 9.10. The van der Waals surface area contributed by atoms with E-state index in [0.29, 0.717) is 34.1 Å². The summed E-state index contributed by atoms with van der Waals surface area (Å²) in [5.41, 5.74) is 0.377. The largest absolute Gasteiger partial charge is 0.494 e. The Balaban J connectivity index is 2.12. The first-order valence-electron chi connectivity index (χ1n) is 12.6. The summed E-state index contributed by atoms with van der Waals surface area (Å²) >= 11 is 4.97. The van der Waals surface area contributed by atoms with Gasteiger partial charge in [0.25, 0.3) is 0 Å². The van der Waals surface area contributed by atoms with Gasteiger partial charge < -0.3 is 24.2 Å². The highest BCUT2D eigenvalue weighted by Crippen LogP contribution is 2.49. The number of nitrogens with zero attached hydrogens (tertiary/aromatic N) is 3. The maximum absolute atomic E-state index is 16.2. The fraction of sp³-hybridized carbons (Fsp3) is 0.333. The van der Waals surface area contributed by atoms with Gasteiger partial charge in [0.1, 0.15) is 10.6 Å². The summed E-state index contributed by atoms with van der Waals surface area (Å²) in [5, 5.41) is 14.4. The third kappa shape index (κ3) is 6.05. The van der Waals surface area contributed by atoms with Crippen molar-refractivity contribution in [2.24, 2.45) is 0 Å². The number of thioether (sulfide) groups is 1. The predicted molar refractivity (Wildman–Crippen MR) is 160 cm³/mol. The summed E-state index contributed by atoms with van der Waals surface area (Å²) in [6, 6.07) is 16.1. The van der Waals surface area contributed by atoms with Gasteiger partial charge in [-0.15, -0.1) is 11.8 Å². The van der Waals surface area contributed by atoms with E-state index in [1.807, 2.05) is 55.6 Å². The van der Waals surface area contributed by atoms with Gasteiger partial charge in [0.05, 0.1) is 32.8 Å². The Kier molecular flexibility index (Phi) is 9.56. The van der Waals surface area contributed by atoms with Gasteiger partial charge in [-0.25, -0.2) is 14.4 Å². The van der Waals surface area contributed by atoms with Crippen LogP contribution in [0.3, 0.4) is 0 Å². The molecule has 0 saturated carbocycles. The third-order valence-corrected chi connectivity index (χ3v) is 8.03. The Morgan fingerprint density at radius 1 is 1.00 bits per heavy atom. The Labute approximate surface area is 246 Å². The van der Waals surface area contributed by atoms with E-state index in [1.54, 1.807) is 24.3 Å². The molecular formula is C30H33BrFN3O4S. The Bertz CT molecular complexity index is 1480. The standard InChI is InChI=1S/C30H33BrFN3O4S/c1-35(2)13-12-30(36,19-16-25(38-4)34-26(17-19)40-6)27(21-8-7-9-24(37-3)28(21)32)22-15-18-14-20(31)10-11-23(18)33-29(22)39-5/h7-11,14-17,27,36H,12-13H2,1-6H3. The first-order chi connectivity index (χ1) is 19.1. The summed E-state index contributed by atoms with van der Waals surface area (Å²) < 4.78 is 33.7. The van der Waals surface area contributed by atoms with Gasteiger partial charge in [-0.1, -0.05) is 28.1 Å². The molecule has 4 rings (SSSR count). The van der Waals surface area contributed by atoms with E-state index < -0.39 is 17.3 Å². The second-order valence-electron chi connectivity index (χ2n) is 9.64. The van der Waals surface area contributed by atoms with Crippen LogP contribution in [-0.4, -0.2) is 68.2 Å². The molecule has 0 bridgehead atoms. The number of hydrogen-bond acceptors (Lipinski definition) is 8. The SMILES string of the molecule is COc1cc(C(O)(CCN(C)C)C(c2cc3cc(Br)ccc3nc2OC)c2cccc(OC)c2F)cc(SC)n1. The van der Waals surface area contributed by atoms with Crippen molar-refractivity contribution in [2.45, 2.75) is 23.0 Å². The molecule has 2 unspecified atom stereocenters. The average Bonchev–Trinajstić information content (AvgIpc) is 2.96. The second-order valence-corrected chi connectivity index (χ2v) is 11.4. The number of fused-ring (bicyclic) bond motifs is 1. The van der Waals surface area contributed by atoms with Crippen molar-refractivity contribution in [3.8, 4) is 17.5 Å². The van der Waals surface area contributed by atoms with Gasteiger partial charge in [-0.05, 0) is 68.7 Å². The number of aromatic nitrogens is 2. The molecule has 2 aromatic carbocycles. The molecule has 0 saturated heterocycles. The molecule has 2 atom stereocenters. The molecule has 212 valence electrons.